The van der Waals surface area contributed by atoms with Crippen LogP contribution in [-0.4, -0.2) is 25.8 Å². The molecule has 2 aromatic heterocycles. The van der Waals surface area contributed by atoms with Crippen LogP contribution in [0.15, 0.2) is 17.3 Å². The van der Waals surface area contributed by atoms with Gasteiger partial charge in [-0.05, 0) is 57.2 Å². The molecule has 0 unspecified atom stereocenters. The smallest absolute Gasteiger partial charge is 0.173 e. The summed E-state index contributed by atoms with van der Waals surface area (Å²) in [5.74, 6) is 0.704. The number of aromatic nitrogens is 3. The molecule has 0 aromatic carbocycles. The predicted molar refractivity (Wildman–Crippen MR) is 80.0 cm³/mol. The first-order valence-electron chi connectivity index (χ1n) is 7.14. The topological polar surface area (TPSA) is 89.3 Å². The third-order valence-electron chi connectivity index (χ3n) is 3.87. The summed E-state index contributed by atoms with van der Waals surface area (Å²) in [7, 11) is 0. The van der Waals surface area contributed by atoms with Crippen molar-refractivity contribution >= 4 is 5.84 Å². The van der Waals surface area contributed by atoms with Gasteiger partial charge in [-0.3, -0.25) is 0 Å². The summed E-state index contributed by atoms with van der Waals surface area (Å²) in [5, 5.41) is 16.7. The van der Waals surface area contributed by atoms with Crippen molar-refractivity contribution in [3.8, 4) is 5.82 Å². The van der Waals surface area contributed by atoms with Crippen molar-refractivity contribution in [2.45, 2.75) is 39.5 Å². The SMILES string of the molecule is Cc1cc(C)n(-c2nc3c(cc2C(N)=NO)CCCC3)n1. The van der Waals surface area contributed by atoms with Crippen LogP contribution in [0.25, 0.3) is 5.82 Å². The van der Waals surface area contributed by atoms with Crippen molar-refractivity contribution in [3.05, 3.63) is 40.3 Å². The zero-order valence-electron chi connectivity index (χ0n) is 12.3. The number of aryl methyl sites for hydroxylation is 4. The van der Waals surface area contributed by atoms with Crippen LogP contribution in [-0.2, 0) is 12.8 Å². The van der Waals surface area contributed by atoms with Crippen LogP contribution in [0.4, 0.5) is 0 Å². The zero-order valence-corrected chi connectivity index (χ0v) is 12.3. The van der Waals surface area contributed by atoms with Crippen LogP contribution in [0.1, 0.15) is 41.1 Å². The monoisotopic (exact) mass is 285 g/mol. The van der Waals surface area contributed by atoms with E-state index in [4.69, 9.17) is 15.9 Å². The Morgan fingerprint density at radius 3 is 2.71 bits per heavy atom. The number of amidine groups is 1. The lowest BCUT2D eigenvalue weighted by atomic mass is 9.94. The summed E-state index contributed by atoms with van der Waals surface area (Å²) in [6, 6.07) is 3.97. The molecule has 1 aliphatic carbocycles. The number of nitrogens with zero attached hydrogens (tertiary/aromatic N) is 4. The Bertz CT molecular complexity index is 717. The summed E-state index contributed by atoms with van der Waals surface area (Å²) in [6.45, 7) is 3.91. The van der Waals surface area contributed by atoms with Crippen molar-refractivity contribution in [2.75, 3.05) is 0 Å². The fourth-order valence-electron chi connectivity index (χ4n) is 2.87. The second-order valence-corrected chi connectivity index (χ2v) is 5.50. The average Bonchev–Trinajstić information content (AvgIpc) is 2.83. The van der Waals surface area contributed by atoms with Gasteiger partial charge in [-0.25, -0.2) is 9.67 Å². The van der Waals surface area contributed by atoms with Crippen molar-refractivity contribution in [1.82, 2.24) is 14.8 Å². The van der Waals surface area contributed by atoms with Crippen molar-refractivity contribution in [3.63, 3.8) is 0 Å². The number of hydrogen-bond donors (Lipinski definition) is 2. The molecule has 2 heterocycles. The Balaban J connectivity index is 2.24. The molecule has 2 aromatic rings. The normalized spacial score (nSPS) is 15.0. The lowest BCUT2D eigenvalue weighted by Gasteiger charge is -2.18. The number of oxime groups is 1. The first-order valence-corrected chi connectivity index (χ1v) is 7.14. The molecule has 1 aliphatic rings. The second-order valence-electron chi connectivity index (χ2n) is 5.50. The Hall–Kier alpha value is -2.37. The molecule has 110 valence electrons. The van der Waals surface area contributed by atoms with Gasteiger partial charge in [0.1, 0.15) is 0 Å². The number of rotatable bonds is 2. The minimum atomic E-state index is 0.0680. The Morgan fingerprint density at radius 1 is 1.29 bits per heavy atom. The number of pyridine rings is 1. The van der Waals surface area contributed by atoms with E-state index >= 15 is 0 Å². The summed E-state index contributed by atoms with van der Waals surface area (Å²) < 4.78 is 1.76. The molecule has 0 aliphatic heterocycles. The van der Waals surface area contributed by atoms with E-state index in [0.717, 1.165) is 42.8 Å². The van der Waals surface area contributed by atoms with E-state index in [1.165, 1.54) is 5.56 Å². The van der Waals surface area contributed by atoms with Crippen LogP contribution in [0.5, 0.6) is 0 Å². The highest BCUT2D eigenvalue weighted by molar-refractivity contribution is 6.00. The minimum absolute atomic E-state index is 0.0680. The fraction of sp³-hybridized carbons (Fsp3) is 0.400. The zero-order chi connectivity index (χ0) is 15.0. The van der Waals surface area contributed by atoms with Gasteiger partial charge < -0.3 is 10.9 Å². The van der Waals surface area contributed by atoms with Gasteiger partial charge in [0, 0.05) is 11.4 Å². The Labute approximate surface area is 123 Å². The van der Waals surface area contributed by atoms with Crippen LogP contribution >= 0.6 is 0 Å². The standard InChI is InChI=1S/C15H19N5O/c1-9-7-10(2)20(18-9)15-12(14(16)19-21)8-11-5-3-4-6-13(11)17-15/h7-8,21H,3-6H2,1-2H3,(H2,16,19). The van der Waals surface area contributed by atoms with E-state index in [1.54, 1.807) is 4.68 Å². The molecular weight excluding hydrogens is 266 g/mol. The van der Waals surface area contributed by atoms with Gasteiger partial charge in [0.15, 0.2) is 11.7 Å². The summed E-state index contributed by atoms with van der Waals surface area (Å²) in [5.41, 5.74) is 10.6. The van der Waals surface area contributed by atoms with E-state index in [0.29, 0.717) is 11.4 Å². The lowest BCUT2D eigenvalue weighted by Crippen LogP contribution is -2.21. The highest BCUT2D eigenvalue weighted by Gasteiger charge is 2.19. The van der Waals surface area contributed by atoms with Crippen LogP contribution in [0.2, 0.25) is 0 Å². The maximum atomic E-state index is 9.04. The molecule has 0 amide bonds. The predicted octanol–water partition coefficient (Wildman–Crippen LogP) is 1.86. The average molecular weight is 285 g/mol. The quantitative estimate of drug-likeness (QED) is 0.381. The van der Waals surface area contributed by atoms with Crippen molar-refractivity contribution in [1.29, 1.82) is 0 Å². The molecule has 6 heteroatoms. The van der Waals surface area contributed by atoms with Crippen LogP contribution < -0.4 is 5.73 Å². The highest BCUT2D eigenvalue weighted by atomic mass is 16.4. The van der Waals surface area contributed by atoms with Gasteiger partial charge in [0.25, 0.3) is 0 Å². The molecule has 6 nitrogen and oxygen atoms in total. The number of hydrogen-bond acceptors (Lipinski definition) is 4. The third kappa shape index (κ3) is 2.37. The number of fused-ring (bicyclic) bond motifs is 1. The maximum absolute atomic E-state index is 9.04. The first kappa shape index (κ1) is 13.6. The second kappa shape index (κ2) is 5.20. The largest absolute Gasteiger partial charge is 0.409 e. The van der Waals surface area contributed by atoms with Gasteiger partial charge in [0.2, 0.25) is 0 Å². The van der Waals surface area contributed by atoms with E-state index in [-0.39, 0.29) is 5.84 Å². The van der Waals surface area contributed by atoms with Gasteiger partial charge in [0.05, 0.1) is 11.3 Å². The molecule has 0 atom stereocenters. The molecule has 0 spiro atoms. The molecule has 0 bridgehead atoms. The van der Waals surface area contributed by atoms with Gasteiger partial charge in [-0.1, -0.05) is 5.16 Å². The molecule has 21 heavy (non-hydrogen) atoms. The molecule has 0 saturated carbocycles. The van der Waals surface area contributed by atoms with E-state index < -0.39 is 0 Å². The molecular formula is C15H19N5O. The van der Waals surface area contributed by atoms with Gasteiger partial charge in [-0.15, -0.1) is 0 Å². The first-order chi connectivity index (χ1) is 10.1. The number of nitrogens with two attached hydrogens (primary N) is 1. The van der Waals surface area contributed by atoms with Crippen molar-refractivity contribution < 1.29 is 5.21 Å². The summed E-state index contributed by atoms with van der Waals surface area (Å²) in [4.78, 5) is 4.76. The molecule has 3 rings (SSSR count). The third-order valence-corrected chi connectivity index (χ3v) is 3.87. The van der Waals surface area contributed by atoms with Crippen molar-refractivity contribution in [2.24, 2.45) is 10.9 Å². The van der Waals surface area contributed by atoms with E-state index in [2.05, 4.69) is 10.3 Å². The minimum Gasteiger partial charge on any atom is -0.409 e. The van der Waals surface area contributed by atoms with Crippen LogP contribution in [0.3, 0.4) is 0 Å². The maximum Gasteiger partial charge on any atom is 0.173 e. The lowest BCUT2D eigenvalue weighted by molar-refractivity contribution is 0.318. The molecule has 3 N–H and O–H groups in total. The summed E-state index contributed by atoms with van der Waals surface area (Å²) >= 11 is 0. The van der Waals surface area contributed by atoms with Crippen LogP contribution in [0, 0.1) is 13.8 Å². The molecule has 0 saturated heterocycles. The van der Waals surface area contributed by atoms with E-state index in [9.17, 15) is 0 Å². The highest BCUT2D eigenvalue weighted by Crippen LogP contribution is 2.24. The van der Waals surface area contributed by atoms with E-state index in [1.807, 2.05) is 26.0 Å². The molecule has 0 fully saturated rings. The summed E-state index contributed by atoms with van der Waals surface area (Å²) in [6.07, 6.45) is 4.27. The fourth-order valence-corrected chi connectivity index (χ4v) is 2.87. The van der Waals surface area contributed by atoms with Gasteiger partial charge >= 0.3 is 0 Å². The Morgan fingerprint density at radius 2 is 2.05 bits per heavy atom. The Kier molecular flexibility index (Phi) is 3.37. The molecule has 0 radical (unpaired) electrons. The van der Waals surface area contributed by atoms with Gasteiger partial charge in [-0.2, -0.15) is 5.10 Å².